The van der Waals surface area contributed by atoms with Crippen molar-refractivity contribution in [3.63, 3.8) is 0 Å². The summed E-state index contributed by atoms with van der Waals surface area (Å²) in [6.07, 6.45) is 2.13. The highest BCUT2D eigenvalue weighted by atomic mass is 127. The van der Waals surface area contributed by atoms with Gasteiger partial charge in [0.2, 0.25) is 0 Å². The molecule has 2 aromatic rings. The van der Waals surface area contributed by atoms with Crippen LogP contribution < -0.4 is 25.8 Å². The van der Waals surface area contributed by atoms with Crippen molar-refractivity contribution in [2.75, 3.05) is 32.6 Å². The fourth-order valence-corrected chi connectivity index (χ4v) is 3.29. The Bertz CT molecular complexity index is 900. The maximum atomic E-state index is 12.2. The van der Waals surface area contributed by atoms with Gasteiger partial charge in [0, 0.05) is 25.3 Å². The van der Waals surface area contributed by atoms with E-state index in [1.165, 1.54) is 0 Å². The van der Waals surface area contributed by atoms with E-state index in [0.717, 1.165) is 42.7 Å². The van der Waals surface area contributed by atoms with Crippen LogP contribution >= 0.6 is 24.0 Å². The summed E-state index contributed by atoms with van der Waals surface area (Å²) in [6.45, 7) is 2.57. The van der Waals surface area contributed by atoms with Crippen LogP contribution in [0, 0.1) is 0 Å². The Kier molecular flexibility index (Phi) is 9.70. The molecule has 0 saturated carbocycles. The van der Waals surface area contributed by atoms with Gasteiger partial charge in [-0.05, 0) is 48.2 Å². The van der Waals surface area contributed by atoms with Crippen LogP contribution in [-0.4, -0.2) is 44.2 Å². The van der Waals surface area contributed by atoms with Crippen molar-refractivity contribution in [1.29, 1.82) is 0 Å². The number of carbonyl (C=O) groups is 1. The van der Waals surface area contributed by atoms with Crippen molar-refractivity contribution in [3.05, 3.63) is 53.6 Å². The normalized spacial score (nSPS) is 13.4. The number of carbonyl (C=O) groups excluding carboxylic acids is 1. The van der Waals surface area contributed by atoms with Gasteiger partial charge in [-0.2, -0.15) is 0 Å². The zero-order valence-corrected chi connectivity index (χ0v) is 20.2. The lowest BCUT2D eigenvalue weighted by molar-refractivity contribution is 0.222. The molecule has 3 rings (SSSR count). The first kappa shape index (κ1) is 24.6. The molecule has 0 atom stereocenters. The number of likely N-dealkylation sites (tertiary alicyclic amines) is 1. The summed E-state index contributed by atoms with van der Waals surface area (Å²) in [7, 11) is 3.21. The Morgan fingerprint density at radius 1 is 1.06 bits per heavy atom. The van der Waals surface area contributed by atoms with Crippen LogP contribution in [0.25, 0.3) is 0 Å². The van der Waals surface area contributed by atoms with Crippen molar-refractivity contribution < 1.29 is 14.3 Å². The van der Waals surface area contributed by atoms with E-state index in [9.17, 15) is 4.79 Å². The first-order valence-corrected chi connectivity index (χ1v) is 9.98. The minimum atomic E-state index is -0.0516. The summed E-state index contributed by atoms with van der Waals surface area (Å²) in [5.74, 6) is 1.69. The molecule has 0 aromatic heterocycles. The number of methoxy groups -OCH3 is 2. The molecule has 2 aromatic carbocycles. The van der Waals surface area contributed by atoms with Crippen LogP contribution in [-0.2, 0) is 13.1 Å². The predicted octanol–water partition coefficient (Wildman–Crippen LogP) is 3.55. The second-order valence-corrected chi connectivity index (χ2v) is 7.07. The Balaban J connectivity index is 0.00000341. The molecule has 0 spiro atoms. The number of benzene rings is 2. The maximum absolute atomic E-state index is 12.2. The SMILES string of the molecule is COc1ccc(CNC(N)=NCc2cccc(NC(=O)N3CCCC3)c2)cc1OC.I. The number of urea groups is 1. The average molecular weight is 539 g/mol. The third-order valence-electron chi connectivity index (χ3n) is 4.93. The molecular formula is C22H30IN5O3. The van der Waals surface area contributed by atoms with Gasteiger partial charge in [-0.1, -0.05) is 18.2 Å². The van der Waals surface area contributed by atoms with E-state index in [-0.39, 0.29) is 30.0 Å². The highest BCUT2D eigenvalue weighted by molar-refractivity contribution is 14.0. The molecule has 4 N–H and O–H groups in total. The Labute approximate surface area is 200 Å². The first-order chi connectivity index (χ1) is 14.6. The minimum absolute atomic E-state index is 0. The maximum Gasteiger partial charge on any atom is 0.321 e. The van der Waals surface area contributed by atoms with E-state index >= 15 is 0 Å². The summed E-state index contributed by atoms with van der Waals surface area (Å²) in [5, 5.41) is 6.05. The van der Waals surface area contributed by atoms with Gasteiger partial charge in [-0.25, -0.2) is 9.79 Å². The number of nitrogens with one attached hydrogen (secondary N) is 2. The van der Waals surface area contributed by atoms with E-state index in [1.807, 2.05) is 47.4 Å². The molecule has 1 saturated heterocycles. The van der Waals surface area contributed by atoms with Gasteiger partial charge < -0.3 is 30.7 Å². The lowest BCUT2D eigenvalue weighted by Gasteiger charge is -2.16. The smallest absolute Gasteiger partial charge is 0.321 e. The lowest BCUT2D eigenvalue weighted by atomic mass is 10.2. The Morgan fingerprint density at radius 3 is 2.52 bits per heavy atom. The molecule has 9 heteroatoms. The number of hydrogen-bond donors (Lipinski definition) is 3. The van der Waals surface area contributed by atoms with Gasteiger partial charge in [0.1, 0.15) is 0 Å². The largest absolute Gasteiger partial charge is 0.493 e. The van der Waals surface area contributed by atoms with Gasteiger partial charge in [0.05, 0.1) is 20.8 Å². The van der Waals surface area contributed by atoms with Crippen LogP contribution in [0.1, 0.15) is 24.0 Å². The fraction of sp³-hybridized carbons (Fsp3) is 0.364. The number of guanidine groups is 1. The monoisotopic (exact) mass is 539 g/mol. The summed E-state index contributed by atoms with van der Waals surface area (Å²) < 4.78 is 10.6. The zero-order chi connectivity index (χ0) is 21.3. The summed E-state index contributed by atoms with van der Waals surface area (Å²) in [4.78, 5) is 18.5. The molecule has 168 valence electrons. The molecule has 1 fully saturated rings. The molecule has 1 heterocycles. The van der Waals surface area contributed by atoms with Gasteiger partial charge in [0.15, 0.2) is 17.5 Å². The van der Waals surface area contributed by atoms with E-state index in [2.05, 4.69) is 15.6 Å². The second-order valence-electron chi connectivity index (χ2n) is 7.07. The van der Waals surface area contributed by atoms with Crippen LogP contribution in [0.2, 0.25) is 0 Å². The number of ether oxygens (including phenoxy) is 2. The van der Waals surface area contributed by atoms with E-state index in [0.29, 0.717) is 30.5 Å². The van der Waals surface area contributed by atoms with Crippen molar-refractivity contribution in [2.45, 2.75) is 25.9 Å². The highest BCUT2D eigenvalue weighted by Crippen LogP contribution is 2.27. The molecular weight excluding hydrogens is 509 g/mol. The quantitative estimate of drug-likeness (QED) is 0.284. The van der Waals surface area contributed by atoms with Crippen molar-refractivity contribution in [1.82, 2.24) is 10.2 Å². The molecule has 0 aliphatic carbocycles. The Morgan fingerprint density at radius 2 is 1.81 bits per heavy atom. The third kappa shape index (κ3) is 7.20. The predicted molar refractivity (Wildman–Crippen MR) is 133 cm³/mol. The summed E-state index contributed by atoms with van der Waals surface area (Å²) >= 11 is 0. The number of rotatable bonds is 7. The van der Waals surface area contributed by atoms with E-state index in [1.54, 1.807) is 14.2 Å². The third-order valence-corrected chi connectivity index (χ3v) is 4.93. The number of aliphatic imine (C=N–C) groups is 1. The van der Waals surface area contributed by atoms with Crippen LogP contribution in [0.15, 0.2) is 47.5 Å². The van der Waals surface area contributed by atoms with Crippen LogP contribution in [0.3, 0.4) is 0 Å². The molecule has 1 aliphatic rings. The summed E-state index contributed by atoms with van der Waals surface area (Å²) in [6, 6.07) is 13.3. The average Bonchev–Trinajstić information content (AvgIpc) is 3.31. The first-order valence-electron chi connectivity index (χ1n) is 9.98. The fourth-order valence-electron chi connectivity index (χ4n) is 3.29. The van der Waals surface area contributed by atoms with Gasteiger partial charge in [-0.3, -0.25) is 0 Å². The molecule has 1 aliphatic heterocycles. The van der Waals surface area contributed by atoms with Gasteiger partial charge in [0.25, 0.3) is 0 Å². The molecule has 8 nitrogen and oxygen atoms in total. The topological polar surface area (TPSA) is 101 Å². The highest BCUT2D eigenvalue weighted by Gasteiger charge is 2.17. The number of hydrogen-bond acceptors (Lipinski definition) is 4. The van der Waals surface area contributed by atoms with E-state index in [4.69, 9.17) is 15.2 Å². The second kappa shape index (κ2) is 12.2. The summed E-state index contributed by atoms with van der Waals surface area (Å²) in [5.41, 5.74) is 8.73. The van der Waals surface area contributed by atoms with Crippen LogP contribution in [0.5, 0.6) is 11.5 Å². The van der Waals surface area contributed by atoms with Crippen LogP contribution in [0.4, 0.5) is 10.5 Å². The number of halogens is 1. The standard InChI is InChI=1S/C22H29N5O3.HI/c1-29-19-9-8-17(13-20(19)30-2)15-25-21(23)24-14-16-6-5-7-18(12-16)26-22(28)27-10-3-4-11-27;/h5-9,12-13H,3-4,10-11,14-15H2,1-2H3,(H,26,28)(H3,23,24,25);1H. The van der Waals surface area contributed by atoms with Crippen molar-refractivity contribution in [3.8, 4) is 11.5 Å². The molecule has 0 unspecified atom stereocenters. The molecule has 0 bridgehead atoms. The van der Waals surface area contributed by atoms with Gasteiger partial charge >= 0.3 is 6.03 Å². The molecule has 2 amide bonds. The number of amides is 2. The Hall–Kier alpha value is -2.69. The minimum Gasteiger partial charge on any atom is -0.493 e. The number of nitrogens with zero attached hydrogens (tertiary/aromatic N) is 2. The van der Waals surface area contributed by atoms with Gasteiger partial charge in [-0.15, -0.1) is 24.0 Å². The zero-order valence-electron chi connectivity index (χ0n) is 17.9. The molecule has 31 heavy (non-hydrogen) atoms. The lowest BCUT2D eigenvalue weighted by Crippen LogP contribution is -2.32. The van der Waals surface area contributed by atoms with Crippen molar-refractivity contribution in [2.24, 2.45) is 10.7 Å². The number of nitrogens with two attached hydrogens (primary N) is 1. The molecule has 0 radical (unpaired) electrons. The number of anilines is 1. The van der Waals surface area contributed by atoms with Crippen molar-refractivity contribution >= 4 is 41.7 Å². The van der Waals surface area contributed by atoms with E-state index < -0.39 is 0 Å².